The Kier molecular flexibility index (Phi) is 4.29. The highest BCUT2D eigenvalue weighted by Crippen LogP contribution is 2.10. The van der Waals surface area contributed by atoms with Crippen LogP contribution in [0.1, 0.15) is 24.0 Å². The third-order valence-corrected chi connectivity index (χ3v) is 2.74. The molecule has 0 atom stereocenters. The number of H-pyrrole nitrogens is 1. The molecule has 2 N–H and O–H groups in total. The molecular formula is C14H14N4O. The lowest BCUT2D eigenvalue weighted by Crippen LogP contribution is -2.12. The zero-order valence-electron chi connectivity index (χ0n) is 10.4. The number of nitriles is 1. The van der Waals surface area contributed by atoms with Crippen LogP contribution in [0.15, 0.2) is 36.5 Å². The van der Waals surface area contributed by atoms with Crippen molar-refractivity contribution in [2.24, 2.45) is 0 Å². The van der Waals surface area contributed by atoms with Crippen molar-refractivity contribution in [2.45, 2.75) is 19.3 Å². The number of aromatic nitrogens is 2. The van der Waals surface area contributed by atoms with Gasteiger partial charge in [-0.2, -0.15) is 10.4 Å². The predicted octanol–water partition coefficient (Wildman–Crippen LogP) is 2.24. The number of anilines is 1. The Bertz CT molecular complexity index is 583. The molecule has 5 heteroatoms. The van der Waals surface area contributed by atoms with Crippen LogP contribution in [-0.2, 0) is 11.2 Å². The van der Waals surface area contributed by atoms with Crippen LogP contribution in [0, 0.1) is 11.3 Å². The number of rotatable bonds is 5. The number of nitrogens with zero attached hydrogens (tertiary/aromatic N) is 2. The molecule has 0 unspecified atom stereocenters. The molecule has 1 heterocycles. The monoisotopic (exact) mass is 254 g/mol. The maximum Gasteiger partial charge on any atom is 0.225 e. The second-order valence-corrected chi connectivity index (χ2v) is 4.16. The van der Waals surface area contributed by atoms with Gasteiger partial charge in [-0.3, -0.25) is 9.89 Å². The van der Waals surface area contributed by atoms with Crippen molar-refractivity contribution >= 4 is 11.7 Å². The van der Waals surface area contributed by atoms with Gasteiger partial charge in [0.1, 0.15) is 17.5 Å². The van der Waals surface area contributed by atoms with E-state index < -0.39 is 0 Å². The van der Waals surface area contributed by atoms with Gasteiger partial charge in [0.05, 0.1) is 6.20 Å². The van der Waals surface area contributed by atoms with Gasteiger partial charge in [0.25, 0.3) is 0 Å². The number of benzene rings is 1. The number of carbonyl (C=O) groups excluding carboxylic acids is 1. The fourth-order valence-corrected chi connectivity index (χ4v) is 1.77. The third-order valence-electron chi connectivity index (χ3n) is 2.74. The standard InChI is InChI=1S/C14H14N4O/c15-9-12-10-16-18-14(12)17-13(19)8-4-7-11-5-2-1-3-6-11/h1-3,5-6,10H,4,7-8H2,(H2,16,17,18,19). The number of carbonyl (C=O) groups is 1. The first-order chi connectivity index (χ1) is 9.29. The minimum Gasteiger partial charge on any atom is -0.310 e. The average molecular weight is 254 g/mol. The molecular weight excluding hydrogens is 240 g/mol. The normalized spacial score (nSPS) is 9.84. The summed E-state index contributed by atoms with van der Waals surface area (Å²) in [5, 5.41) is 17.7. The maximum atomic E-state index is 11.7. The minimum atomic E-state index is -0.114. The minimum absolute atomic E-state index is 0.114. The Morgan fingerprint density at radius 1 is 1.37 bits per heavy atom. The van der Waals surface area contributed by atoms with E-state index in [0.29, 0.717) is 17.8 Å². The number of aromatic amines is 1. The van der Waals surface area contributed by atoms with Crippen molar-refractivity contribution in [3.05, 3.63) is 47.7 Å². The largest absolute Gasteiger partial charge is 0.310 e. The van der Waals surface area contributed by atoms with E-state index in [0.717, 1.165) is 12.8 Å². The summed E-state index contributed by atoms with van der Waals surface area (Å²) in [5.41, 5.74) is 1.56. The highest BCUT2D eigenvalue weighted by Gasteiger charge is 2.08. The van der Waals surface area contributed by atoms with E-state index in [4.69, 9.17) is 5.26 Å². The van der Waals surface area contributed by atoms with Crippen molar-refractivity contribution in [3.8, 4) is 6.07 Å². The summed E-state index contributed by atoms with van der Waals surface area (Å²) in [6, 6.07) is 12.0. The lowest BCUT2D eigenvalue weighted by Gasteiger charge is -2.03. The number of hydrogen-bond donors (Lipinski definition) is 2. The zero-order chi connectivity index (χ0) is 13.5. The van der Waals surface area contributed by atoms with Crippen molar-refractivity contribution in [1.82, 2.24) is 10.2 Å². The molecule has 1 aromatic carbocycles. The number of amides is 1. The van der Waals surface area contributed by atoms with E-state index in [1.54, 1.807) is 0 Å². The number of hydrogen-bond acceptors (Lipinski definition) is 3. The lowest BCUT2D eigenvalue weighted by molar-refractivity contribution is -0.116. The first kappa shape index (κ1) is 12.8. The second kappa shape index (κ2) is 6.36. The van der Waals surface area contributed by atoms with Gasteiger partial charge in [-0.1, -0.05) is 30.3 Å². The number of aryl methyl sites for hydroxylation is 1. The van der Waals surface area contributed by atoms with Gasteiger partial charge in [-0.15, -0.1) is 0 Å². The van der Waals surface area contributed by atoms with Crippen molar-refractivity contribution < 1.29 is 4.79 Å². The summed E-state index contributed by atoms with van der Waals surface area (Å²) in [6.45, 7) is 0. The predicted molar refractivity (Wildman–Crippen MR) is 71.3 cm³/mol. The molecule has 2 aromatic rings. The van der Waals surface area contributed by atoms with Crippen LogP contribution in [-0.4, -0.2) is 16.1 Å². The zero-order valence-corrected chi connectivity index (χ0v) is 10.4. The van der Waals surface area contributed by atoms with Crippen LogP contribution < -0.4 is 5.32 Å². The lowest BCUT2D eigenvalue weighted by atomic mass is 10.1. The Labute approximate surface area is 111 Å². The molecule has 0 aliphatic rings. The summed E-state index contributed by atoms with van der Waals surface area (Å²) >= 11 is 0. The third kappa shape index (κ3) is 3.68. The molecule has 0 saturated carbocycles. The molecule has 0 radical (unpaired) electrons. The molecule has 0 bridgehead atoms. The van der Waals surface area contributed by atoms with Crippen molar-refractivity contribution in [1.29, 1.82) is 5.26 Å². The first-order valence-electron chi connectivity index (χ1n) is 6.07. The smallest absolute Gasteiger partial charge is 0.225 e. The van der Waals surface area contributed by atoms with Gasteiger partial charge in [0.15, 0.2) is 0 Å². The average Bonchev–Trinajstić information content (AvgIpc) is 2.87. The summed E-state index contributed by atoms with van der Waals surface area (Å²) in [4.78, 5) is 11.7. The molecule has 1 amide bonds. The van der Waals surface area contributed by atoms with Gasteiger partial charge < -0.3 is 5.32 Å². The molecule has 0 fully saturated rings. The molecule has 0 saturated heterocycles. The number of nitrogens with one attached hydrogen (secondary N) is 2. The molecule has 0 spiro atoms. The second-order valence-electron chi connectivity index (χ2n) is 4.16. The van der Waals surface area contributed by atoms with Crippen LogP contribution in [0.3, 0.4) is 0 Å². The highest BCUT2D eigenvalue weighted by atomic mass is 16.1. The molecule has 0 aliphatic carbocycles. The van der Waals surface area contributed by atoms with E-state index in [1.165, 1.54) is 11.8 Å². The van der Waals surface area contributed by atoms with Crippen LogP contribution in [0.2, 0.25) is 0 Å². The van der Waals surface area contributed by atoms with Crippen molar-refractivity contribution in [3.63, 3.8) is 0 Å². The highest BCUT2D eigenvalue weighted by molar-refractivity contribution is 5.90. The molecule has 1 aromatic heterocycles. The van der Waals surface area contributed by atoms with Crippen LogP contribution in [0.4, 0.5) is 5.82 Å². The van der Waals surface area contributed by atoms with Crippen LogP contribution in [0.5, 0.6) is 0 Å². The van der Waals surface area contributed by atoms with Gasteiger partial charge in [-0.25, -0.2) is 0 Å². The van der Waals surface area contributed by atoms with E-state index >= 15 is 0 Å². The molecule has 0 aliphatic heterocycles. The van der Waals surface area contributed by atoms with Crippen LogP contribution >= 0.6 is 0 Å². The Hall–Kier alpha value is -2.61. The quantitative estimate of drug-likeness (QED) is 0.858. The molecule has 5 nitrogen and oxygen atoms in total. The topological polar surface area (TPSA) is 81.6 Å². The fourth-order valence-electron chi connectivity index (χ4n) is 1.77. The molecule has 2 rings (SSSR count). The Balaban J connectivity index is 1.78. The van der Waals surface area contributed by atoms with Gasteiger partial charge in [0.2, 0.25) is 5.91 Å². The van der Waals surface area contributed by atoms with E-state index in [1.807, 2.05) is 36.4 Å². The Morgan fingerprint density at radius 3 is 2.89 bits per heavy atom. The summed E-state index contributed by atoms with van der Waals surface area (Å²) in [7, 11) is 0. The van der Waals surface area contributed by atoms with Gasteiger partial charge in [-0.05, 0) is 18.4 Å². The van der Waals surface area contributed by atoms with E-state index in [-0.39, 0.29) is 5.91 Å². The van der Waals surface area contributed by atoms with Crippen molar-refractivity contribution in [2.75, 3.05) is 5.32 Å². The Morgan fingerprint density at radius 2 is 2.16 bits per heavy atom. The molecule has 19 heavy (non-hydrogen) atoms. The summed E-state index contributed by atoms with van der Waals surface area (Å²) < 4.78 is 0. The van der Waals surface area contributed by atoms with Gasteiger partial charge in [0, 0.05) is 6.42 Å². The summed E-state index contributed by atoms with van der Waals surface area (Å²) in [5.74, 6) is 0.254. The van der Waals surface area contributed by atoms with Crippen LogP contribution in [0.25, 0.3) is 0 Å². The maximum absolute atomic E-state index is 11.7. The van der Waals surface area contributed by atoms with E-state index in [9.17, 15) is 4.79 Å². The molecule has 96 valence electrons. The first-order valence-corrected chi connectivity index (χ1v) is 6.07. The SMILES string of the molecule is N#Cc1cn[nH]c1NC(=O)CCCc1ccccc1. The fraction of sp³-hybridized carbons (Fsp3) is 0.214. The summed E-state index contributed by atoms with van der Waals surface area (Å²) in [6.07, 6.45) is 3.44. The van der Waals surface area contributed by atoms with Gasteiger partial charge >= 0.3 is 0 Å². The van der Waals surface area contributed by atoms with E-state index in [2.05, 4.69) is 15.5 Å².